The van der Waals surface area contributed by atoms with Gasteiger partial charge in [-0.3, -0.25) is 4.79 Å². The molecule has 0 aliphatic carbocycles. The van der Waals surface area contributed by atoms with Gasteiger partial charge in [-0.25, -0.2) is 0 Å². The van der Waals surface area contributed by atoms with Gasteiger partial charge >= 0.3 is 12.4 Å². The van der Waals surface area contributed by atoms with Crippen LogP contribution in [-0.4, -0.2) is 37.2 Å². The number of carbonyl (C=O) groups excluding carboxylic acids is 1. The first-order valence-electron chi connectivity index (χ1n) is 6.03. The summed E-state index contributed by atoms with van der Waals surface area (Å²) in [6.45, 7) is -2.52. The van der Waals surface area contributed by atoms with Crippen molar-refractivity contribution in [1.29, 1.82) is 0 Å². The number of carbonyl (C=O) groups is 1. The monoisotopic (exact) mass is 329 g/mol. The molecule has 1 aromatic carbocycles. The van der Waals surface area contributed by atoms with Crippen LogP contribution in [0.25, 0.3) is 0 Å². The minimum atomic E-state index is -4.54. The van der Waals surface area contributed by atoms with E-state index in [-0.39, 0.29) is 12.1 Å². The second-order valence-electron chi connectivity index (χ2n) is 4.56. The highest BCUT2D eigenvalue weighted by Gasteiger charge is 2.30. The third-order valence-corrected chi connectivity index (χ3v) is 2.59. The number of halogens is 6. The van der Waals surface area contributed by atoms with Crippen molar-refractivity contribution < 1.29 is 35.9 Å². The maximum atomic E-state index is 12.5. The topological polar surface area (TPSA) is 29.5 Å². The Morgan fingerprint density at radius 3 is 2.36 bits per heavy atom. The van der Waals surface area contributed by atoms with Gasteiger partial charge in [0.15, 0.2) is 0 Å². The average molecular weight is 329 g/mol. The summed E-state index contributed by atoms with van der Waals surface area (Å²) in [7, 11) is 1.26. The molecule has 9 heteroatoms. The lowest BCUT2D eigenvalue weighted by Gasteiger charge is -2.18. The van der Waals surface area contributed by atoms with Crippen molar-refractivity contribution in [1.82, 2.24) is 4.90 Å². The van der Waals surface area contributed by atoms with Gasteiger partial charge < -0.3 is 9.64 Å². The highest BCUT2D eigenvalue weighted by atomic mass is 19.4. The normalized spacial score (nSPS) is 12.3. The van der Waals surface area contributed by atoms with E-state index in [1.54, 1.807) is 0 Å². The maximum absolute atomic E-state index is 12.5. The molecule has 1 rings (SSSR count). The molecule has 0 saturated carbocycles. The van der Waals surface area contributed by atoms with Crippen molar-refractivity contribution in [2.75, 3.05) is 20.3 Å². The lowest BCUT2D eigenvalue weighted by atomic mass is 10.1. The van der Waals surface area contributed by atoms with E-state index in [2.05, 4.69) is 4.74 Å². The van der Waals surface area contributed by atoms with E-state index >= 15 is 0 Å². The van der Waals surface area contributed by atoms with Crippen LogP contribution in [0.4, 0.5) is 26.3 Å². The molecule has 0 fully saturated rings. The van der Waals surface area contributed by atoms with Crippen LogP contribution >= 0.6 is 0 Å². The van der Waals surface area contributed by atoms with Gasteiger partial charge in [-0.1, -0.05) is 12.1 Å². The molecule has 0 heterocycles. The SMILES string of the molecule is CN(Cc1cccc(C(F)(F)F)c1)C(=O)COCC(F)(F)F. The number of benzene rings is 1. The molecule has 124 valence electrons. The van der Waals surface area contributed by atoms with Gasteiger partial charge in [0.05, 0.1) is 5.56 Å². The third kappa shape index (κ3) is 6.33. The first-order valence-corrected chi connectivity index (χ1v) is 6.03. The molecule has 0 bridgehead atoms. The van der Waals surface area contributed by atoms with Crippen LogP contribution in [0, 0.1) is 0 Å². The van der Waals surface area contributed by atoms with Crippen molar-refractivity contribution in [2.45, 2.75) is 18.9 Å². The van der Waals surface area contributed by atoms with Gasteiger partial charge in [-0.05, 0) is 17.7 Å². The minimum absolute atomic E-state index is 0.169. The van der Waals surface area contributed by atoms with Crippen LogP contribution in [0.1, 0.15) is 11.1 Å². The van der Waals surface area contributed by atoms with Crippen molar-refractivity contribution in [3.8, 4) is 0 Å². The minimum Gasteiger partial charge on any atom is -0.362 e. The number of rotatable bonds is 5. The zero-order valence-electron chi connectivity index (χ0n) is 11.5. The largest absolute Gasteiger partial charge is 0.416 e. The van der Waals surface area contributed by atoms with Crippen molar-refractivity contribution in [3.05, 3.63) is 35.4 Å². The Kier molecular flexibility index (Phi) is 5.81. The Morgan fingerprint density at radius 2 is 1.82 bits per heavy atom. The van der Waals surface area contributed by atoms with Crippen LogP contribution in [0.2, 0.25) is 0 Å². The molecule has 22 heavy (non-hydrogen) atoms. The second kappa shape index (κ2) is 6.99. The van der Waals surface area contributed by atoms with Crippen LogP contribution in [0.3, 0.4) is 0 Å². The van der Waals surface area contributed by atoms with Gasteiger partial charge in [0.2, 0.25) is 5.91 Å². The lowest BCUT2D eigenvalue weighted by molar-refractivity contribution is -0.177. The number of alkyl halides is 6. The van der Waals surface area contributed by atoms with Crippen LogP contribution in [0.5, 0.6) is 0 Å². The Bertz CT molecular complexity index is 512. The zero-order valence-corrected chi connectivity index (χ0v) is 11.5. The fourth-order valence-corrected chi connectivity index (χ4v) is 1.57. The van der Waals surface area contributed by atoms with Gasteiger partial charge in [0, 0.05) is 13.6 Å². The summed E-state index contributed by atoms with van der Waals surface area (Å²) in [4.78, 5) is 12.5. The molecule has 0 unspecified atom stereocenters. The molecule has 0 spiro atoms. The van der Waals surface area contributed by atoms with E-state index in [4.69, 9.17) is 0 Å². The molecule has 1 amide bonds. The molecule has 3 nitrogen and oxygen atoms in total. The summed E-state index contributed by atoms with van der Waals surface area (Å²) in [5, 5.41) is 0. The molecule has 0 radical (unpaired) electrons. The van der Waals surface area contributed by atoms with Gasteiger partial charge in [-0.15, -0.1) is 0 Å². The molecule has 1 aromatic rings. The van der Waals surface area contributed by atoms with Crippen molar-refractivity contribution in [3.63, 3.8) is 0 Å². The molecular formula is C13H13F6NO2. The van der Waals surface area contributed by atoms with Crippen LogP contribution in [-0.2, 0) is 22.3 Å². The first-order chi connectivity index (χ1) is 9.99. The van der Waals surface area contributed by atoms with E-state index in [1.165, 1.54) is 19.2 Å². The van der Waals surface area contributed by atoms with Crippen LogP contribution in [0.15, 0.2) is 24.3 Å². The lowest BCUT2D eigenvalue weighted by Crippen LogP contribution is -2.31. The van der Waals surface area contributed by atoms with E-state index in [9.17, 15) is 31.1 Å². The smallest absolute Gasteiger partial charge is 0.362 e. The molecular weight excluding hydrogens is 316 g/mol. The summed E-state index contributed by atoms with van der Waals surface area (Å²) >= 11 is 0. The second-order valence-corrected chi connectivity index (χ2v) is 4.56. The first kappa shape index (κ1) is 18.3. The highest BCUT2D eigenvalue weighted by Crippen LogP contribution is 2.29. The molecule has 0 atom stereocenters. The summed E-state index contributed by atoms with van der Waals surface area (Å²) < 4.78 is 77.4. The fraction of sp³-hybridized carbons (Fsp3) is 0.462. The summed E-state index contributed by atoms with van der Waals surface area (Å²) in [6, 6.07) is 4.34. The molecule has 0 aliphatic rings. The van der Waals surface area contributed by atoms with Gasteiger partial charge in [-0.2, -0.15) is 26.3 Å². The Labute approximate surface area is 122 Å². The molecule has 0 aliphatic heterocycles. The number of amides is 1. The number of hydrogen-bond donors (Lipinski definition) is 0. The number of ether oxygens (including phenoxy) is 1. The number of likely N-dealkylation sites (N-methyl/N-ethyl adjacent to an activating group) is 1. The average Bonchev–Trinajstić information content (AvgIpc) is 2.36. The number of hydrogen-bond acceptors (Lipinski definition) is 2. The molecule has 0 aromatic heterocycles. The Hall–Kier alpha value is -1.77. The van der Waals surface area contributed by atoms with Crippen molar-refractivity contribution in [2.24, 2.45) is 0 Å². The van der Waals surface area contributed by atoms with E-state index < -0.39 is 37.0 Å². The van der Waals surface area contributed by atoms with Gasteiger partial charge in [0.1, 0.15) is 13.2 Å². The van der Waals surface area contributed by atoms with E-state index in [1.807, 2.05) is 0 Å². The quantitative estimate of drug-likeness (QED) is 0.776. The standard InChI is InChI=1S/C13H13F6NO2/c1-20(11(21)7-22-8-12(14,15)16)6-9-3-2-4-10(5-9)13(17,18)19/h2-5H,6-8H2,1H3. The molecule has 0 saturated heterocycles. The number of nitrogens with zero attached hydrogens (tertiary/aromatic N) is 1. The predicted octanol–water partition coefficient (Wildman–Crippen LogP) is 3.24. The Balaban J connectivity index is 2.57. The fourth-order valence-electron chi connectivity index (χ4n) is 1.57. The van der Waals surface area contributed by atoms with E-state index in [0.29, 0.717) is 0 Å². The third-order valence-electron chi connectivity index (χ3n) is 2.59. The maximum Gasteiger partial charge on any atom is 0.416 e. The Morgan fingerprint density at radius 1 is 1.18 bits per heavy atom. The van der Waals surface area contributed by atoms with Crippen molar-refractivity contribution >= 4 is 5.91 Å². The highest BCUT2D eigenvalue weighted by molar-refractivity contribution is 5.77. The van der Waals surface area contributed by atoms with Gasteiger partial charge in [0.25, 0.3) is 0 Å². The summed E-state index contributed by atoms with van der Waals surface area (Å²) in [5.74, 6) is -0.762. The summed E-state index contributed by atoms with van der Waals surface area (Å²) in [6.07, 6.45) is -9.05. The summed E-state index contributed by atoms with van der Waals surface area (Å²) in [5.41, 5.74) is -0.652. The predicted molar refractivity (Wildman–Crippen MR) is 64.8 cm³/mol. The molecule has 0 N–H and O–H groups in total. The van der Waals surface area contributed by atoms with E-state index in [0.717, 1.165) is 17.0 Å². The zero-order chi connectivity index (χ0) is 17.0. The van der Waals surface area contributed by atoms with Crippen LogP contribution < -0.4 is 0 Å².